The van der Waals surface area contributed by atoms with Gasteiger partial charge in [-0.1, -0.05) is 223 Å². The monoisotopic (exact) mass is 932 g/mol. The summed E-state index contributed by atoms with van der Waals surface area (Å²) in [4.78, 5) is 26.3. The number of unbranched alkanes of at least 4 members (excludes halogenated alkanes) is 24. The van der Waals surface area contributed by atoms with Gasteiger partial charge in [0, 0.05) is 6.42 Å². The van der Waals surface area contributed by atoms with Crippen LogP contribution in [0.2, 0.25) is 0 Å². The predicted octanol–water partition coefficient (Wildman–Crippen LogP) is 11.1. The van der Waals surface area contributed by atoms with Crippen LogP contribution in [0.25, 0.3) is 0 Å². The number of nitrogens with one attached hydrogen (secondary N) is 1. The minimum absolute atomic E-state index is 0.0769. The highest BCUT2D eigenvalue weighted by Gasteiger charge is 2.47. The van der Waals surface area contributed by atoms with Gasteiger partial charge in [-0.05, 0) is 44.9 Å². The minimum Gasteiger partial charge on any atom is -0.454 e. The first kappa shape index (κ1) is 61.4. The average molecular weight is 932 g/mol. The van der Waals surface area contributed by atoms with Gasteiger partial charge in [-0.25, -0.2) is 0 Å². The summed E-state index contributed by atoms with van der Waals surface area (Å²) in [6, 6.07) is -1.03. The first-order valence-corrected chi connectivity index (χ1v) is 26.6. The number of amides is 1. The maximum absolute atomic E-state index is 13.3. The van der Waals surface area contributed by atoms with Gasteiger partial charge in [0.05, 0.1) is 25.4 Å². The van der Waals surface area contributed by atoms with E-state index in [9.17, 15) is 35.1 Å². The number of hydrogen-bond acceptors (Lipinski definition) is 10. The molecule has 8 unspecified atom stereocenters. The van der Waals surface area contributed by atoms with E-state index in [2.05, 4.69) is 38.2 Å². The summed E-state index contributed by atoms with van der Waals surface area (Å²) >= 11 is 0. The highest BCUT2D eigenvalue weighted by atomic mass is 16.7. The predicted molar refractivity (Wildman–Crippen MR) is 269 cm³/mol. The molecule has 382 valence electrons. The number of ether oxygens (including phenoxy) is 3. The lowest BCUT2D eigenvalue weighted by Gasteiger charge is -2.41. The lowest BCUT2D eigenvalue weighted by molar-refractivity contribution is -0.305. The van der Waals surface area contributed by atoms with Crippen molar-refractivity contribution in [1.29, 1.82) is 0 Å². The molecule has 0 aliphatic carbocycles. The fraction of sp³-hybridized carbons (Fsp3) is 0.782. The quantitative estimate of drug-likeness (QED) is 0.0149. The van der Waals surface area contributed by atoms with Crippen LogP contribution < -0.4 is 5.32 Å². The van der Waals surface area contributed by atoms with Crippen molar-refractivity contribution in [2.75, 3.05) is 13.2 Å². The van der Waals surface area contributed by atoms with Gasteiger partial charge in [-0.2, -0.15) is 0 Å². The summed E-state index contributed by atoms with van der Waals surface area (Å²) in [6.07, 6.45) is 41.3. The molecule has 0 spiro atoms. The van der Waals surface area contributed by atoms with Gasteiger partial charge in [-0.3, -0.25) is 9.59 Å². The molecule has 11 heteroatoms. The first-order chi connectivity index (χ1) is 32.2. The summed E-state index contributed by atoms with van der Waals surface area (Å²) in [5.74, 6) is -1.24. The molecule has 1 amide bonds. The Labute approximate surface area is 401 Å². The van der Waals surface area contributed by atoms with Gasteiger partial charge >= 0.3 is 5.97 Å². The van der Waals surface area contributed by atoms with Crippen LogP contribution in [0.5, 0.6) is 0 Å². The van der Waals surface area contributed by atoms with Crippen LogP contribution in [0.15, 0.2) is 60.8 Å². The molecule has 0 aromatic heterocycles. The molecule has 1 aliphatic heterocycles. The van der Waals surface area contributed by atoms with Crippen LogP contribution >= 0.6 is 0 Å². The standard InChI is InChI=1S/C55H97NO10/c1-4-7-10-13-16-19-22-25-28-31-34-37-40-43-50(60)66-53-52(62)51(61)49(44-57)65-55(53)64-45-46(47(58)41-38-35-32-29-26-23-20-17-14-11-8-5-2)56-54(63)48(59)42-39-36-33-30-27-24-21-18-15-12-9-6-3/h7,10,13,16,19,22,25,28,38,41,46-49,51-53,55,57-59,61-62H,4-6,8-9,11-12,14-15,17-18,20-21,23-24,26-27,29-37,39-40,42-45H2,1-3H3,(H,56,63)/b10-7+,16-13+,22-19-,28-25-,41-38+. The van der Waals surface area contributed by atoms with Crippen molar-refractivity contribution >= 4 is 11.9 Å². The Kier molecular flexibility index (Phi) is 40.6. The van der Waals surface area contributed by atoms with Gasteiger partial charge in [0.1, 0.15) is 24.4 Å². The van der Waals surface area contributed by atoms with Gasteiger partial charge in [-0.15, -0.1) is 0 Å². The molecule has 1 fully saturated rings. The molecule has 66 heavy (non-hydrogen) atoms. The van der Waals surface area contributed by atoms with Crippen molar-refractivity contribution < 1.29 is 49.3 Å². The maximum atomic E-state index is 13.3. The molecule has 1 heterocycles. The smallest absolute Gasteiger partial charge is 0.306 e. The Morgan fingerprint density at radius 2 is 1.09 bits per heavy atom. The van der Waals surface area contributed by atoms with Crippen molar-refractivity contribution in [3.63, 3.8) is 0 Å². The number of carbonyl (C=O) groups is 2. The number of esters is 1. The van der Waals surface area contributed by atoms with E-state index < -0.39 is 67.4 Å². The average Bonchev–Trinajstić information content (AvgIpc) is 3.31. The van der Waals surface area contributed by atoms with Crippen molar-refractivity contribution in [3.05, 3.63) is 60.8 Å². The van der Waals surface area contributed by atoms with E-state index in [0.29, 0.717) is 12.8 Å². The molecule has 1 aliphatic rings. The zero-order valence-corrected chi connectivity index (χ0v) is 41.8. The van der Waals surface area contributed by atoms with Crippen molar-refractivity contribution in [1.82, 2.24) is 5.32 Å². The van der Waals surface area contributed by atoms with E-state index in [1.807, 2.05) is 42.5 Å². The highest BCUT2D eigenvalue weighted by Crippen LogP contribution is 2.26. The summed E-state index contributed by atoms with van der Waals surface area (Å²) in [5, 5.41) is 56.6. The summed E-state index contributed by atoms with van der Waals surface area (Å²) in [7, 11) is 0. The Hall–Kier alpha value is -2.64. The lowest BCUT2D eigenvalue weighted by atomic mass is 9.99. The van der Waals surface area contributed by atoms with E-state index in [-0.39, 0.29) is 19.4 Å². The van der Waals surface area contributed by atoms with E-state index >= 15 is 0 Å². The van der Waals surface area contributed by atoms with Gasteiger partial charge in [0.15, 0.2) is 12.4 Å². The number of hydrogen-bond donors (Lipinski definition) is 6. The molecular formula is C55H97NO10. The fourth-order valence-electron chi connectivity index (χ4n) is 8.01. The number of allylic oxidation sites excluding steroid dienone is 9. The zero-order chi connectivity index (χ0) is 48.3. The third kappa shape index (κ3) is 32.2. The molecule has 0 saturated carbocycles. The lowest BCUT2D eigenvalue weighted by Crippen LogP contribution is -2.61. The molecule has 0 aromatic carbocycles. The molecule has 0 bridgehead atoms. The number of carbonyl (C=O) groups excluding carboxylic acids is 2. The zero-order valence-electron chi connectivity index (χ0n) is 41.8. The maximum Gasteiger partial charge on any atom is 0.306 e. The normalized spacial score (nSPS) is 20.6. The summed E-state index contributed by atoms with van der Waals surface area (Å²) < 4.78 is 17.5. The van der Waals surface area contributed by atoms with Crippen LogP contribution in [0.1, 0.15) is 213 Å². The van der Waals surface area contributed by atoms with Crippen LogP contribution in [-0.4, -0.2) is 99.6 Å². The largest absolute Gasteiger partial charge is 0.454 e. The molecule has 0 radical (unpaired) electrons. The number of rotatable bonds is 43. The molecule has 1 rings (SSSR count). The summed E-state index contributed by atoms with van der Waals surface area (Å²) in [6.45, 7) is 5.59. The second kappa shape index (κ2) is 43.6. The molecule has 11 nitrogen and oxygen atoms in total. The molecular weight excluding hydrogens is 835 g/mol. The van der Waals surface area contributed by atoms with Crippen molar-refractivity contribution in [2.24, 2.45) is 0 Å². The Balaban J connectivity index is 2.81. The minimum atomic E-state index is -1.63. The van der Waals surface area contributed by atoms with Gasteiger partial charge in [0.25, 0.3) is 0 Å². The Morgan fingerprint density at radius 3 is 1.64 bits per heavy atom. The van der Waals surface area contributed by atoms with Crippen LogP contribution in [0, 0.1) is 0 Å². The molecule has 8 atom stereocenters. The van der Waals surface area contributed by atoms with Crippen LogP contribution in [0.4, 0.5) is 0 Å². The number of aliphatic hydroxyl groups is 5. The van der Waals surface area contributed by atoms with Crippen LogP contribution in [-0.2, 0) is 23.8 Å². The third-order valence-electron chi connectivity index (χ3n) is 12.3. The fourth-order valence-corrected chi connectivity index (χ4v) is 8.01. The number of aliphatic hydroxyl groups excluding tert-OH is 5. The SMILES string of the molecule is CC/C=C/C=C/C=C\C=C/CCCCCC(=O)OC1C(OCC(NC(=O)C(O)CCCCCCCCCCCCCC)C(O)/C=C/CCCCCCCCCCCC)OC(CO)C(O)C1O. The highest BCUT2D eigenvalue weighted by molar-refractivity contribution is 5.80. The second-order valence-corrected chi connectivity index (χ2v) is 18.3. The van der Waals surface area contributed by atoms with Crippen molar-refractivity contribution in [3.8, 4) is 0 Å². The first-order valence-electron chi connectivity index (χ1n) is 26.6. The molecule has 6 N–H and O–H groups in total. The Morgan fingerprint density at radius 1 is 0.606 bits per heavy atom. The van der Waals surface area contributed by atoms with E-state index in [0.717, 1.165) is 64.2 Å². The van der Waals surface area contributed by atoms with Crippen molar-refractivity contribution in [2.45, 2.75) is 262 Å². The van der Waals surface area contributed by atoms with Gasteiger partial charge in [0.2, 0.25) is 5.91 Å². The molecule has 1 saturated heterocycles. The van der Waals surface area contributed by atoms with Gasteiger partial charge < -0.3 is 45.1 Å². The summed E-state index contributed by atoms with van der Waals surface area (Å²) in [5.41, 5.74) is 0. The van der Waals surface area contributed by atoms with E-state index in [1.54, 1.807) is 6.08 Å². The third-order valence-corrected chi connectivity index (χ3v) is 12.3. The second-order valence-electron chi connectivity index (χ2n) is 18.3. The Bertz CT molecular complexity index is 1300. The van der Waals surface area contributed by atoms with E-state index in [1.165, 1.54) is 103 Å². The van der Waals surface area contributed by atoms with E-state index in [4.69, 9.17) is 14.2 Å². The van der Waals surface area contributed by atoms with Crippen LogP contribution in [0.3, 0.4) is 0 Å². The topological polar surface area (TPSA) is 175 Å². The molecule has 0 aromatic rings.